The van der Waals surface area contributed by atoms with Crippen molar-refractivity contribution in [1.82, 2.24) is 19.6 Å². The van der Waals surface area contributed by atoms with Crippen LogP contribution in [-0.4, -0.2) is 48.3 Å². The lowest BCUT2D eigenvalue weighted by atomic mass is 10.0. The molecule has 1 saturated heterocycles. The van der Waals surface area contributed by atoms with Crippen molar-refractivity contribution in [3.05, 3.63) is 48.0 Å². The summed E-state index contributed by atoms with van der Waals surface area (Å²) in [6.45, 7) is 1.11. The maximum atomic E-state index is 12.8. The van der Waals surface area contributed by atoms with Crippen LogP contribution in [0.5, 0.6) is 0 Å². The molecule has 2 aromatic rings. The minimum Gasteiger partial charge on any atom is -0.347 e. The third-order valence-electron chi connectivity index (χ3n) is 4.54. The first-order valence-corrected chi connectivity index (χ1v) is 10.1. The lowest BCUT2D eigenvalue weighted by molar-refractivity contribution is 0.0623. The van der Waals surface area contributed by atoms with E-state index < -0.39 is 10.0 Å². The summed E-state index contributed by atoms with van der Waals surface area (Å²) >= 11 is 0. The number of H-pyrrole nitrogens is 1. The molecule has 0 saturated carbocycles. The van der Waals surface area contributed by atoms with E-state index in [1.807, 2.05) is 0 Å². The maximum absolute atomic E-state index is 12.8. The molecule has 1 fully saturated rings. The summed E-state index contributed by atoms with van der Waals surface area (Å²) < 4.78 is 27.5. The van der Waals surface area contributed by atoms with E-state index in [2.05, 4.69) is 14.7 Å². The van der Waals surface area contributed by atoms with Gasteiger partial charge < -0.3 is 15.6 Å². The zero-order valence-electron chi connectivity index (χ0n) is 14.4. The lowest BCUT2D eigenvalue weighted by Crippen LogP contribution is -2.47. The molecule has 4 N–H and O–H groups in total. The van der Waals surface area contributed by atoms with Gasteiger partial charge in [0, 0.05) is 37.1 Å². The smallest absolute Gasteiger partial charge is 0.254 e. The molecule has 1 aliphatic rings. The number of aromatic amines is 1. The Balaban J connectivity index is 1.77. The van der Waals surface area contributed by atoms with E-state index in [1.54, 1.807) is 29.4 Å². The van der Waals surface area contributed by atoms with E-state index in [1.165, 1.54) is 12.1 Å². The van der Waals surface area contributed by atoms with Crippen LogP contribution < -0.4 is 10.5 Å². The van der Waals surface area contributed by atoms with Gasteiger partial charge in [0.25, 0.3) is 5.91 Å². The van der Waals surface area contributed by atoms with Crippen LogP contribution in [0.3, 0.4) is 0 Å². The minimum absolute atomic E-state index is 0.00795. The number of nitrogens with zero attached hydrogens (tertiary/aromatic N) is 2. The molecule has 1 aromatic heterocycles. The van der Waals surface area contributed by atoms with Crippen molar-refractivity contribution in [2.45, 2.75) is 36.7 Å². The van der Waals surface area contributed by atoms with Crippen molar-refractivity contribution in [2.24, 2.45) is 5.73 Å². The molecule has 0 radical (unpaired) electrons. The molecule has 140 valence electrons. The van der Waals surface area contributed by atoms with Crippen molar-refractivity contribution < 1.29 is 13.2 Å². The first-order chi connectivity index (χ1) is 12.5. The topological polar surface area (TPSA) is 121 Å². The average molecular weight is 377 g/mol. The van der Waals surface area contributed by atoms with Crippen molar-refractivity contribution in [1.29, 1.82) is 0 Å². The highest BCUT2D eigenvalue weighted by molar-refractivity contribution is 7.89. The van der Waals surface area contributed by atoms with Crippen LogP contribution in [-0.2, 0) is 16.6 Å². The Bertz CT molecular complexity index is 851. The highest BCUT2D eigenvalue weighted by Gasteiger charge is 2.27. The largest absolute Gasteiger partial charge is 0.347 e. The van der Waals surface area contributed by atoms with E-state index in [0.29, 0.717) is 24.5 Å². The van der Waals surface area contributed by atoms with Crippen LogP contribution in [0.25, 0.3) is 0 Å². The number of hydrogen-bond acceptors (Lipinski definition) is 5. The molecule has 0 spiro atoms. The number of imidazole rings is 1. The Morgan fingerprint density at radius 3 is 2.96 bits per heavy atom. The number of carbonyl (C=O) groups excluding carboxylic acids is 1. The summed E-state index contributed by atoms with van der Waals surface area (Å²) in [6, 6.07) is 6.10. The maximum Gasteiger partial charge on any atom is 0.254 e. The first-order valence-electron chi connectivity index (χ1n) is 8.60. The van der Waals surface area contributed by atoms with Gasteiger partial charge in [-0.2, -0.15) is 0 Å². The van der Waals surface area contributed by atoms with Crippen LogP contribution in [0.1, 0.15) is 35.4 Å². The summed E-state index contributed by atoms with van der Waals surface area (Å²) in [5.41, 5.74) is 6.14. The number of aromatic nitrogens is 2. The number of piperidine rings is 1. The fourth-order valence-corrected chi connectivity index (χ4v) is 4.15. The Hall–Kier alpha value is -2.23. The molecule has 1 unspecified atom stereocenters. The molecule has 1 atom stereocenters. The number of benzene rings is 1. The van der Waals surface area contributed by atoms with Gasteiger partial charge in [-0.3, -0.25) is 4.79 Å². The highest BCUT2D eigenvalue weighted by Crippen LogP contribution is 2.20. The summed E-state index contributed by atoms with van der Waals surface area (Å²) in [5.74, 6) is 0.336. The SMILES string of the molecule is NCC1CCCCN1C(=O)c1cccc(S(=O)(=O)NCc2ncc[nH]2)c1. The molecule has 0 aliphatic carbocycles. The average Bonchev–Trinajstić information content (AvgIpc) is 3.20. The van der Waals surface area contributed by atoms with Crippen LogP contribution in [0.2, 0.25) is 0 Å². The number of likely N-dealkylation sites (tertiary alicyclic amines) is 1. The predicted molar refractivity (Wildman–Crippen MR) is 96.8 cm³/mol. The molecule has 1 aromatic carbocycles. The Morgan fingerprint density at radius 1 is 1.38 bits per heavy atom. The second-order valence-electron chi connectivity index (χ2n) is 6.27. The standard InChI is InChI=1S/C17H23N5O3S/c18-11-14-5-1-2-9-22(14)17(23)13-4-3-6-15(10-13)26(24,25)21-12-16-19-7-8-20-16/h3-4,6-8,10,14,21H,1-2,5,9,11-12,18H2,(H,19,20). The van der Waals surface area contributed by atoms with Gasteiger partial charge >= 0.3 is 0 Å². The number of amides is 1. The normalized spacial score (nSPS) is 18.0. The van der Waals surface area contributed by atoms with Gasteiger partial charge in [-0.05, 0) is 37.5 Å². The number of nitrogens with two attached hydrogens (primary N) is 1. The van der Waals surface area contributed by atoms with Crippen molar-refractivity contribution in [3.8, 4) is 0 Å². The third kappa shape index (κ3) is 4.12. The second-order valence-corrected chi connectivity index (χ2v) is 8.04. The third-order valence-corrected chi connectivity index (χ3v) is 5.93. The van der Waals surface area contributed by atoms with Crippen LogP contribution in [0.4, 0.5) is 0 Å². The highest BCUT2D eigenvalue weighted by atomic mass is 32.2. The van der Waals surface area contributed by atoms with Crippen LogP contribution in [0.15, 0.2) is 41.6 Å². The summed E-state index contributed by atoms with van der Waals surface area (Å²) in [4.78, 5) is 21.5. The van der Waals surface area contributed by atoms with Gasteiger partial charge in [0.15, 0.2) is 0 Å². The van der Waals surface area contributed by atoms with Crippen molar-refractivity contribution in [2.75, 3.05) is 13.1 Å². The Labute approximate surface area is 152 Å². The van der Waals surface area contributed by atoms with Crippen LogP contribution in [0, 0.1) is 0 Å². The number of hydrogen-bond donors (Lipinski definition) is 3. The molecular formula is C17H23N5O3S. The fraction of sp³-hybridized carbons (Fsp3) is 0.412. The molecule has 26 heavy (non-hydrogen) atoms. The molecule has 8 nitrogen and oxygen atoms in total. The zero-order chi connectivity index (χ0) is 18.6. The molecule has 0 bridgehead atoms. The number of rotatable bonds is 6. The van der Waals surface area contributed by atoms with Gasteiger partial charge in [0.05, 0.1) is 11.4 Å². The molecule has 1 aliphatic heterocycles. The number of nitrogens with one attached hydrogen (secondary N) is 2. The van der Waals surface area contributed by atoms with E-state index in [0.717, 1.165) is 19.3 Å². The van der Waals surface area contributed by atoms with E-state index in [-0.39, 0.29) is 23.4 Å². The molecule has 2 heterocycles. The number of carbonyl (C=O) groups is 1. The van der Waals surface area contributed by atoms with Gasteiger partial charge in [-0.1, -0.05) is 6.07 Å². The summed E-state index contributed by atoms with van der Waals surface area (Å²) in [5, 5.41) is 0. The van der Waals surface area contributed by atoms with E-state index in [4.69, 9.17) is 5.73 Å². The van der Waals surface area contributed by atoms with Crippen molar-refractivity contribution in [3.63, 3.8) is 0 Å². The van der Waals surface area contributed by atoms with Gasteiger partial charge in [-0.25, -0.2) is 18.1 Å². The van der Waals surface area contributed by atoms with Crippen LogP contribution >= 0.6 is 0 Å². The molecule has 1 amide bonds. The molecular weight excluding hydrogens is 354 g/mol. The summed E-state index contributed by atoms with van der Waals surface area (Å²) in [6.07, 6.45) is 6.04. The van der Waals surface area contributed by atoms with Crippen molar-refractivity contribution >= 4 is 15.9 Å². The molecule has 9 heteroatoms. The van der Waals surface area contributed by atoms with Gasteiger partial charge in [0.1, 0.15) is 5.82 Å². The first kappa shape index (κ1) is 18.6. The lowest BCUT2D eigenvalue weighted by Gasteiger charge is -2.35. The summed E-state index contributed by atoms with van der Waals surface area (Å²) in [7, 11) is -3.75. The minimum atomic E-state index is -3.75. The Kier molecular flexibility index (Phi) is 5.70. The van der Waals surface area contributed by atoms with E-state index in [9.17, 15) is 13.2 Å². The van der Waals surface area contributed by atoms with Gasteiger partial charge in [-0.15, -0.1) is 0 Å². The molecule has 3 rings (SSSR count). The van der Waals surface area contributed by atoms with Gasteiger partial charge in [0.2, 0.25) is 10.0 Å². The second kappa shape index (κ2) is 7.98. The monoisotopic (exact) mass is 377 g/mol. The predicted octanol–water partition coefficient (Wildman–Crippen LogP) is 0.842. The Morgan fingerprint density at radius 2 is 2.23 bits per heavy atom. The fourth-order valence-electron chi connectivity index (χ4n) is 3.12. The zero-order valence-corrected chi connectivity index (χ0v) is 15.2. The quantitative estimate of drug-likeness (QED) is 0.689. The number of sulfonamides is 1. The van der Waals surface area contributed by atoms with E-state index >= 15 is 0 Å².